The molecule has 0 bridgehead atoms. The number of aromatic amines is 1. The van der Waals surface area contributed by atoms with Crippen LogP contribution in [0.1, 0.15) is 91.3 Å². The zero-order valence-corrected chi connectivity index (χ0v) is 32.5. The summed E-state index contributed by atoms with van der Waals surface area (Å²) in [7, 11) is 0. The van der Waals surface area contributed by atoms with Crippen LogP contribution in [0.25, 0.3) is 6.08 Å². The van der Waals surface area contributed by atoms with Crippen LogP contribution in [0.5, 0.6) is 0 Å². The number of amides is 9. The molecule has 0 aliphatic heterocycles. The van der Waals surface area contributed by atoms with Crippen LogP contribution in [0.3, 0.4) is 0 Å². The quantitative estimate of drug-likeness (QED) is 0.164. The first-order valence-electron chi connectivity index (χ1n) is 18.4. The van der Waals surface area contributed by atoms with E-state index in [0.29, 0.717) is 42.9 Å². The molecule has 1 aromatic carbocycles. The van der Waals surface area contributed by atoms with E-state index in [1.807, 2.05) is 0 Å². The topological polar surface area (TPSA) is 250 Å². The minimum absolute atomic E-state index is 0.0337. The average molecular weight is 751 g/mol. The summed E-state index contributed by atoms with van der Waals surface area (Å²) in [4.78, 5) is 80.8. The number of aromatic nitrogens is 2. The number of H-pyrrole nitrogens is 1. The van der Waals surface area contributed by atoms with Crippen LogP contribution in [-0.2, 0) is 4.79 Å². The van der Waals surface area contributed by atoms with Crippen molar-refractivity contribution in [3.8, 4) is 0 Å². The fourth-order valence-electron chi connectivity index (χ4n) is 8.84. The van der Waals surface area contributed by atoms with E-state index in [-0.39, 0.29) is 57.3 Å². The number of aryl methyl sites for hydroxylation is 1. The van der Waals surface area contributed by atoms with Crippen LogP contribution < -0.4 is 48.5 Å². The largest absolute Gasteiger partial charge is 0.421 e. The molecule has 0 saturated heterocycles. The maximum atomic E-state index is 12.9. The highest BCUT2D eigenvalue weighted by atomic mass is 16.2. The maximum Gasteiger partial charge on any atom is 0.421 e. The van der Waals surface area contributed by atoms with Gasteiger partial charge in [-0.15, -0.1) is 0 Å². The molecule has 2 fully saturated rings. The molecule has 9 amide bonds. The predicted octanol–water partition coefficient (Wildman–Crippen LogP) is 2.65. The number of nitrogens with two attached hydrogens (primary N) is 3. The summed E-state index contributed by atoms with van der Waals surface area (Å²) >= 11 is 0. The summed E-state index contributed by atoms with van der Waals surface area (Å²) in [6.45, 7) is 15.3. The smallest absolute Gasteiger partial charge is 0.352 e. The molecule has 4 unspecified atom stereocenters. The molecular formula is C38H58N10O6+2. The van der Waals surface area contributed by atoms with Gasteiger partial charge in [0.15, 0.2) is 0 Å². The van der Waals surface area contributed by atoms with Gasteiger partial charge in [-0.3, -0.25) is 15.1 Å². The second-order valence-electron chi connectivity index (χ2n) is 17.5. The zero-order chi connectivity index (χ0) is 39.9. The summed E-state index contributed by atoms with van der Waals surface area (Å²) in [6.07, 6.45) is 7.48. The van der Waals surface area contributed by atoms with Gasteiger partial charge in [0.05, 0.1) is 6.54 Å². The molecule has 294 valence electrons. The van der Waals surface area contributed by atoms with Gasteiger partial charge in [-0.1, -0.05) is 53.7 Å². The predicted molar refractivity (Wildman–Crippen MR) is 205 cm³/mol. The molecular weight excluding hydrogens is 692 g/mol. The van der Waals surface area contributed by atoms with E-state index < -0.39 is 18.0 Å². The Balaban J connectivity index is 1.23. The lowest BCUT2D eigenvalue weighted by Crippen LogP contribution is -2.94. The second kappa shape index (κ2) is 16.9. The number of carbonyl (C=O) groups excluding carboxylic acids is 5. The molecule has 2 saturated carbocycles. The number of nitrogens with one attached hydrogen (secondary N) is 6. The zero-order valence-electron chi connectivity index (χ0n) is 32.5. The van der Waals surface area contributed by atoms with Crippen molar-refractivity contribution in [3.05, 3.63) is 58.0 Å². The first-order chi connectivity index (χ1) is 25.1. The third-order valence-electron chi connectivity index (χ3n) is 10.0. The summed E-state index contributed by atoms with van der Waals surface area (Å²) in [6, 6.07) is 6.28. The highest BCUT2D eigenvalue weighted by Crippen LogP contribution is 2.46. The van der Waals surface area contributed by atoms with Crippen molar-refractivity contribution in [2.45, 2.75) is 99.1 Å². The summed E-state index contributed by atoms with van der Waals surface area (Å²) in [5, 5.41) is 16.8. The molecule has 4 atom stereocenters. The minimum Gasteiger partial charge on any atom is -0.352 e. The van der Waals surface area contributed by atoms with Gasteiger partial charge in [0.2, 0.25) is 5.95 Å². The Hall–Kier alpha value is -5.09. The van der Waals surface area contributed by atoms with Crippen molar-refractivity contribution in [1.29, 1.82) is 0 Å². The lowest BCUT2D eigenvalue weighted by molar-refractivity contribution is -0.568. The fourth-order valence-corrected chi connectivity index (χ4v) is 8.84. The van der Waals surface area contributed by atoms with Crippen molar-refractivity contribution >= 4 is 47.7 Å². The van der Waals surface area contributed by atoms with Gasteiger partial charge in [-0.05, 0) is 85.5 Å². The number of hydrogen-bond donors (Lipinski definition) is 9. The minimum atomic E-state index is -0.563. The van der Waals surface area contributed by atoms with Crippen molar-refractivity contribution in [3.63, 3.8) is 0 Å². The molecule has 1 aromatic heterocycles. The van der Waals surface area contributed by atoms with E-state index in [2.05, 4.69) is 78.1 Å². The normalized spacial score (nSPS) is 24.6. The van der Waals surface area contributed by atoms with E-state index in [4.69, 9.17) is 5.73 Å². The first-order valence-corrected chi connectivity index (χ1v) is 18.4. The van der Waals surface area contributed by atoms with Crippen molar-refractivity contribution in [2.75, 3.05) is 23.7 Å². The second-order valence-corrected chi connectivity index (χ2v) is 17.5. The lowest BCUT2D eigenvalue weighted by Gasteiger charge is -2.46. The number of nitrogens with zero attached hydrogens (tertiary/aromatic N) is 1. The van der Waals surface area contributed by atoms with Crippen LogP contribution in [0.2, 0.25) is 0 Å². The van der Waals surface area contributed by atoms with E-state index in [9.17, 15) is 28.8 Å². The van der Waals surface area contributed by atoms with E-state index >= 15 is 0 Å². The number of imide groups is 1. The Morgan fingerprint density at radius 3 is 2.11 bits per heavy atom. The SMILES string of the molecule is Cc1cc(=O)[nH]c(NC(=O)[NH2+]CC2(C)CC(NC(=O)[NH2+]C(=O)C=Cc3ccc(NC(=O)NC4CC(C)(C)CC(C)(CNC(N)=O)C4)cc3)CC(C)(C)C2)n1. The maximum absolute atomic E-state index is 12.9. The molecule has 2 aromatic rings. The third-order valence-corrected chi connectivity index (χ3v) is 10.0. The fraction of sp³-hybridized carbons (Fsp3) is 0.553. The van der Waals surface area contributed by atoms with Gasteiger partial charge in [0.25, 0.3) is 5.56 Å². The molecule has 4 rings (SSSR count). The monoisotopic (exact) mass is 750 g/mol. The number of urea groups is 4. The Labute approximate surface area is 316 Å². The van der Waals surface area contributed by atoms with Crippen LogP contribution in [0.4, 0.5) is 30.8 Å². The molecule has 1 heterocycles. The van der Waals surface area contributed by atoms with Gasteiger partial charge >= 0.3 is 30.0 Å². The van der Waals surface area contributed by atoms with Crippen LogP contribution in [0, 0.1) is 28.6 Å². The number of primary amides is 4. The number of hydrogen-bond acceptors (Lipinski definition) is 7. The average Bonchev–Trinajstić information content (AvgIpc) is 3.00. The van der Waals surface area contributed by atoms with Crippen molar-refractivity contribution < 1.29 is 34.6 Å². The Morgan fingerprint density at radius 2 is 1.48 bits per heavy atom. The standard InChI is InChI=1S/C38H56N10O6/c1-23-14-29(50)46-31(42-23)48-32(52)41-22-38(7)18-27(16-36(4,5)20-38)45-34(54)47-28(49)13-10-24-8-11-25(12-9-24)43-33(53)44-26-15-35(2,3)19-37(6,17-26)21-40-30(39)51/h8-14,26-27H,15-22H2,1-7H3,(H3,39,40,51)(H2,43,44,53)(H2,45,47,49,54)(H3,41,42,46,48,50,52)/p+2. The van der Waals surface area contributed by atoms with Gasteiger partial charge in [-0.2, -0.15) is 5.32 Å². The van der Waals surface area contributed by atoms with Gasteiger partial charge in [-0.25, -0.2) is 34.3 Å². The molecule has 0 spiro atoms. The molecule has 2 aliphatic rings. The number of rotatable bonds is 10. The number of quaternary nitrogens is 2. The van der Waals surface area contributed by atoms with Crippen molar-refractivity contribution in [1.82, 2.24) is 25.9 Å². The van der Waals surface area contributed by atoms with Gasteiger partial charge < -0.3 is 27.0 Å². The van der Waals surface area contributed by atoms with E-state index in [1.165, 1.54) is 12.1 Å². The molecule has 54 heavy (non-hydrogen) atoms. The van der Waals surface area contributed by atoms with Gasteiger partial charge in [0, 0.05) is 47.6 Å². The molecule has 0 radical (unpaired) electrons. The van der Waals surface area contributed by atoms with Crippen LogP contribution in [-0.4, -0.2) is 65.2 Å². The lowest BCUT2D eigenvalue weighted by atomic mass is 9.62. The number of anilines is 2. The van der Waals surface area contributed by atoms with E-state index in [0.717, 1.165) is 31.0 Å². The number of carbonyl (C=O) groups is 5. The highest BCUT2D eigenvalue weighted by molar-refractivity contribution is 5.91. The first kappa shape index (κ1) is 41.7. The number of benzene rings is 1. The Bertz CT molecular complexity index is 1810. The molecule has 2 aliphatic carbocycles. The van der Waals surface area contributed by atoms with E-state index in [1.54, 1.807) is 42.6 Å². The molecule has 16 nitrogen and oxygen atoms in total. The Kier molecular flexibility index (Phi) is 13.1. The van der Waals surface area contributed by atoms with Crippen molar-refractivity contribution in [2.24, 2.45) is 27.4 Å². The van der Waals surface area contributed by atoms with Gasteiger partial charge in [0.1, 0.15) is 0 Å². The summed E-state index contributed by atoms with van der Waals surface area (Å²) in [5.74, 6) is -0.376. The highest BCUT2D eigenvalue weighted by Gasteiger charge is 2.44. The Morgan fingerprint density at radius 1 is 0.870 bits per heavy atom. The van der Waals surface area contributed by atoms with Crippen LogP contribution in [0.15, 0.2) is 41.2 Å². The molecule has 16 heteroatoms. The van der Waals surface area contributed by atoms with Crippen LogP contribution >= 0.6 is 0 Å². The summed E-state index contributed by atoms with van der Waals surface area (Å²) < 4.78 is 0. The third kappa shape index (κ3) is 13.4. The summed E-state index contributed by atoms with van der Waals surface area (Å²) in [5.41, 5.74) is 6.07. The molecule has 12 N–H and O–H groups in total.